The number of unbranched alkanes of at least 4 members (excludes halogenated alkanes) is 2. The predicted octanol–water partition coefficient (Wildman–Crippen LogP) is 2.25. The molecule has 1 aliphatic heterocycles. The fourth-order valence-electron chi connectivity index (χ4n) is 4.81. The van der Waals surface area contributed by atoms with E-state index in [4.69, 9.17) is 21.3 Å². The SMILES string of the molecule is N=c1ccc2c(-c3cc(CC(=O)NCCCCCN)ccc3C(=O)O)c3ccc(N)c(S(=O)(=O)O)c3oc-2c1S(=O)(=O)O. The molecule has 2 aromatic carbocycles. The highest BCUT2D eigenvalue weighted by atomic mass is 32.2. The molecule has 16 heteroatoms. The van der Waals surface area contributed by atoms with Gasteiger partial charge >= 0.3 is 5.97 Å². The van der Waals surface area contributed by atoms with Crippen LogP contribution in [0.2, 0.25) is 0 Å². The van der Waals surface area contributed by atoms with Gasteiger partial charge in [-0.2, -0.15) is 16.8 Å². The van der Waals surface area contributed by atoms with Crippen LogP contribution in [0.25, 0.3) is 33.4 Å². The minimum Gasteiger partial charge on any atom is -0.478 e. The van der Waals surface area contributed by atoms with E-state index in [2.05, 4.69) is 5.32 Å². The van der Waals surface area contributed by atoms with Gasteiger partial charge in [0.05, 0.1) is 23.0 Å². The van der Waals surface area contributed by atoms with Crippen LogP contribution in [-0.4, -0.2) is 56.0 Å². The van der Waals surface area contributed by atoms with Crippen LogP contribution in [0.1, 0.15) is 35.2 Å². The molecule has 0 unspecified atom stereocenters. The second-order valence-corrected chi connectivity index (χ2v) is 12.4. The summed E-state index contributed by atoms with van der Waals surface area (Å²) in [5.74, 6) is -2.45. The maximum Gasteiger partial charge on any atom is 0.336 e. The second kappa shape index (κ2) is 12.1. The zero-order chi connectivity index (χ0) is 31.7. The number of nitrogens with one attached hydrogen (secondary N) is 2. The van der Waals surface area contributed by atoms with Crippen molar-refractivity contribution in [2.24, 2.45) is 5.73 Å². The Morgan fingerprint density at radius 2 is 1.60 bits per heavy atom. The number of rotatable bonds is 11. The second-order valence-electron chi connectivity index (χ2n) is 9.67. The zero-order valence-electron chi connectivity index (χ0n) is 22.5. The van der Waals surface area contributed by atoms with Gasteiger partial charge in [-0.15, -0.1) is 0 Å². The Bertz CT molecular complexity index is 2000. The van der Waals surface area contributed by atoms with Crippen LogP contribution in [-0.2, 0) is 31.5 Å². The molecule has 0 aromatic heterocycles. The molecule has 0 saturated heterocycles. The third-order valence-corrected chi connectivity index (χ3v) is 8.52. The third-order valence-electron chi connectivity index (χ3n) is 6.66. The van der Waals surface area contributed by atoms with Gasteiger partial charge in [0.2, 0.25) is 5.91 Å². The van der Waals surface area contributed by atoms with Gasteiger partial charge in [-0.3, -0.25) is 19.3 Å². The van der Waals surface area contributed by atoms with Crippen molar-refractivity contribution in [3.8, 4) is 22.5 Å². The number of benzene rings is 3. The molecule has 0 fully saturated rings. The lowest BCUT2D eigenvalue weighted by molar-refractivity contribution is -0.120. The van der Waals surface area contributed by atoms with Crippen LogP contribution in [0.15, 0.2) is 56.7 Å². The van der Waals surface area contributed by atoms with Crippen molar-refractivity contribution >= 4 is 48.8 Å². The van der Waals surface area contributed by atoms with Gasteiger partial charge in [0.1, 0.15) is 0 Å². The van der Waals surface area contributed by atoms with Gasteiger partial charge < -0.3 is 26.3 Å². The van der Waals surface area contributed by atoms with Gasteiger partial charge in [0.25, 0.3) is 20.2 Å². The van der Waals surface area contributed by atoms with Crippen molar-refractivity contribution < 1.29 is 45.1 Å². The summed E-state index contributed by atoms with van der Waals surface area (Å²) in [6.07, 6.45) is 2.19. The van der Waals surface area contributed by atoms with Crippen molar-refractivity contribution in [1.29, 1.82) is 5.41 Å². The first-order valence-electron chi connectivity index (χ1n) is 12.8. The van der Waals surface area contributed by atoms with Gasteiger partial charge in [-0.05, 0) is 66.9 Å². The molecule has 1 amide bonds. The van der Waals surface area contributed by atoms with Crippen LogP contribution < -0.4 is 22.1 Å². The molecule has 14 nitrogen and oxygen atoms in total. The number of hydrogen-bond acceptors (Lipinski definition) is 10. The van der Waals surface area contributed by atoms with E-state index in [9.17, 15) is 40.6 Å². The fourth-order valence-corrected chi connectivity index (χ4v) is 6.30. The smallest absolute Gasteiger partial charge is 0.336 e. The van der Waals surface area contributed by atoms with Crippen molar-refractivity contribution in [2.45, 2.75) is 35.5 Å². The average molecular weight is 633 g/mol. The number of nitrogen functional groups attached to an aromatic ring is 1. The maximum absolute atomic E-state index is 12.6. The lowest BCUT2D eigenvalue weighted by atomic mass is 9.89. The molecule has 1 heterocycles. The fraction of sp³-hybridized carbons (Fsp3) is 0.222. The first kappa shape index (κ1) is 31.6. The number of carboxylic acids is 1. The molecule has 0 radical (unpaired) electrons. The topological polar surface area (TPSA) is 264 Å². The molecule has 43 heavy (non-hydrogen) atoms. The summed E-state index contributed by atoms with van der Waals surface area (Å²) in [5, 5.41) is 20.1. The molecular formula is C27H28N4O10S2. The normalized spacial score (nSPS) is 12.1. The molecule has 1 aliphatic carbocycles. The number of hydrogen-bond donors (Lipinski definition) is 7. The van der Waals surface area contributed by atoms with Crippen LogP contribution >= 0.6 is 0 Å². The Kier molecular flexibility index (Phi) is 8.89. The summed E-state index contributed by atoms with van der Waals surface area (Å²) in [6, 6.07) is 8.70. The van der Waals surface area contributed by atoms with E-state index in [0.29, 0.717) is 25.1 Å². The van der Waals surface area contributed by atoms with E-state index in [-0.39, 0.29) is 40.0 Å². The van der Waals surface area contributed by atoms with Crippen molar-refractivity contribution in [3.63, 3.8) is 0 Å². The lowest BCUT2D eigenvalue weighted by Gasteiger charge is -2.20. The molecule has 0 atom stereocenters. The lowest BCUT2D eigenvalue weighted by Crippen LogP contribution is -2.26. The van der Waals surface area contributed by atoms with Gasteiger partial charge in [-0.1, -0.05) is 12.5 Å². The van der Waals surface area contributed by atoms with Crippen molar-refractivity contribution in [2.75, 3.05) is 18.8 Å². The number of amides is 1. The van der Waals surface area contributed by atoms with Crippen molar-refractivity contribution in [1.82, 2.24) is 5.32 Å². The number of fused-ring (bicyclic) bond motifs is 2. The van der Waals surface area contributed by atoms with Gasteiger partial charge in [0.15, 0.2) is 21.1 Å². The first-order valence-corrected chi connectivity index (χ1v) is 15.7. The molecule has 9 N–H and O–H groups in total. The van der Waals surface area contributed by atoms with E-state index < -0.39 is 58.4 Å². The van der Waals surface area contributed by atoms with E-state index in [0.717, 1.165) is 25.0 Å². The maximum atomic E-state index is 12.6. The summed E-state index contributed by atoms with van der Waals surface area (Å²) < 4.78 is 75.0. The van der Waals surface area contributed by atoms with E-state index in [1.165, 1.54) is 30.3 Å². The number of aromatic carboxylic acids is 1. The predicted molar refractivity (Wildman–Crippen MR) is 155 cm³/mol. The Morgan fingerprint density at radius 1 is 0.907 bits per heavy atom. The van der Waals surface area contributed by atoms with Gasteiger partial charge in [0, 0.05) is 23.1 Å². The first-order chi connectivity index (χ1) is 20.1. The number of carboxylic acid groups (broad SMARTS) is 1. The molecule has 2 aliphatic rings. The van der Waals surface area contributed by atoms with Gasteiger partial charge in [-0.25, -0.2) is 4.79 Å². The number of carbonyl (C=O) groups is 2. The Hall–Kier alpha value is -4.35. The molecule has 0 spiro atoms. The summed E-state index contributed by atoms with van der Waals surface area (Å²) in [5.41, 5.74) is 9.96. The molecule has 4 rings (SSSR count). The van der Waals surface area contributed by atoms with Crippen LogP contribution in [0.3, 0.4) is 0 Å². The highest BCUT2D eigenvalue weighted by Gasteiger charge is 2.31. The Balaban J connectivity index is 2.05. The number of carbonyl (C=O) groups excluding carboxylic acids is 1. The summed E-state index contributed by atoms with van der Waals surface area (Å²) >= 11 is 0. The zero-order valence-corrected chi connectivity index (χ0v) is 24.1. The van der Waals surface area contributed by atoms with Crippen LogP contribution in [0, 0.1) is 5.41 Å². The van der Waals surface area contributed by atoms with Crippen molar-refractivity contribution in [3.05, 3.63) is 58.9 Å². The van der Waals surface area contributed by atoms with E-state index in [1.807, 2.05) is 0 Å². The quantitative estimate of drug-likeness (QED) is 0.0543. The third kappa shape index (κ3) is 6.52. The molecule has 0 bridgehead atoms. The summed E-state index contributed by atoms with van der Waals surface area (Å²) in [4.78, 5) is 23.0. The molecule has 2 aromatic rings. The van der Waals surface area contributed by atoms with Crippen LogP contribution in [0.5, 0.6) is 0 Å². The Labute approximate surface area is 245 Å². The monoisotopic (exact) mass is 632 g/mol. The van der Waals surface area contributed by atoms with E-state index in [1.54, 1.807) is 0 Å². The summed E-state index contributed by atoms with van der Waals surface area (Å²) in [7, 11) is -10.3. The molecule has 0 saturated carbocycles. The minimum atomic E-state index is -5.15. The standard InChI is InChI=1S/C27H28N4O10S2/c28-10-2-1-3-11-31-21(32)13-14-4-5-15(27(33)34)18(12-14)22-16-6-8-19(29)25(42(35,36)37)23(16)41-24-17(22)7-9-20(30)26(24)43(38,39)40/h4-9,12,29H,1-3,10-11,13,28,30H2,(H,31,32)(H,33,34)(H,35,36,37)(H,38,39,40). The highest BCUT2D eigenvalue weighted by Crippen LogP contribution is 2.45. The highest BCUT2D eigenvalue weighted by molar-refractivity contribution is 7.86. The average Bonchev–Trinajstić information content (AvgIpc) is 2.89. The molecule has 228 valence electrons. The Morgan fingerprint density at radius 3 is 2.23 bits per heavy atom. The molecular weight excluding hydrogens is 604 g/mol. The van der Waals surface area contributed by atoms with E-state index >= 15 is 0 Å². The summed E-state index contributed by atoms with van der Waals surface area (Å²) in [6.45, 7) is 0.942. The minimum absolute atomic E-state index is 0.0726. The largest absolute Gasteiger partial charge is 0.478 e. The van der Waals surface area contributed by atoms with Crippen LogP contribution in [0.4, 0.5) is 5.69 Å². The number of anilines is 1. The number of nitrogens with two attached hydrogens (primary N) is 2.